The molecule has 0 N–H and O–H groups in total. The highest BCUT2D eigenvalue weighted by molar-refractivity contribution is 5.59. The van der Waals surface area contributed by atoms with E-state index in [1.807, 2.05) is 12.3 Å². The highest BCUT2D eigenvalue weighted by Crippen LogP contribution is 2.39. The van der Waals surface area contributed by atoms with E-state index < -0.39 is 0 Å². The van der Waals surface area contributed by atoms with E-state index in [1.54, 1.807) is 7.11 Å². The van der Waals surface area contributed by atoms with Gasteiger partial charge in [-0.25, -0.2) is 4.98 Å². The van der Waals surface area contributed by atoms with E-state index in [9.17, 15) is 0 Å². The van der Waals surface area contributed by atoms with Crippen molar-refractivity contribution in [2.75, 3.05) is 31.8 Å². The minimum Gasteiger partial charge on any atom is -0.487 e. The number of aryl methyl sites for hydroxylation is 1. The van der Waals surface area contributed by atoms with Crippen LogP contribution in [0.2, 0.25) is 0 Å². The zero-order chi connectivity index (χ0) is 11.8. The van der Waals surface area contributed by atoms with Gasteiger partial charge in [-0.05, 0) is 25.0 Å². The first-order valence-electron chi connectivity index (χ1n) is 6.13. The molecule has 0 radical (unpaired) electrons. The molecular formula is C13H18N2O2. The van der Waals surface area contributed by atoms with Gasteiger partial charge in [-0.3, -0.25) is 0 Å². The summed E-state index contributed by atoms with van der Waals surface area (Å²) in [5.41, 5.74) is 1.17. The normalized spacial score (nSPS) is 26.4. The first-order chi connectivity index (χ1) is 8.29. The van der Waals surface area contributed by atoms with Gasteiger partial charge in [-0.15, -0.1) is 0 Å². The topological polar surface area (TPSA) is 34.6 Å². The molecule has 3 heterocycles. The molecule has 0 unspecified atom stereocenters. The number of rotatable bonds is 2. The van der Waals surface area contributed by atoms with E-state index in [-0.39, 0.29) is 0 Å². The average Bonchev–Trinajstić information content (AvgIpc) is 2.73. The quantitative estimate of drug-likeness (QED) is 0.779. The van der Waals surface area contributed by atoms with Gasteiger partial charge < -0.3 is 14.4 Å². The molecule has 0 aromatic carbocycles. The summed E-state index contributed by atoms with van der Waals surface area (Å²) in [4.78, 5) is 6.86. The van der Waals surface area contributed by atoms with Crippen LogP contribution < -0.4 is 9.64 Å². The maximum absolute atomic E-state index is 5.85. The van der Waals surface area contributed by atoms with Crippen molar-refractivity contribution in [3.8, 4) is 5.75 Å². The number of hydrogen-bond acceptors (Lipinski definition) is 4. The standard InChI is InChI=1S/C13H18N2O2/c1-9-3-4-14-13-12(9)17-8-11-5-10(7-16-2)6-15(11)13/h3-4,10-11H,5-8H2,1-2H3/t10-,11-/m0/s1. The zero-order valence-corrected chi connectivity index (χ0v) is 10.3. The molecule has 3 rings (SSSR count). The monoisotopic (exact) mass is 234 g/mol. The van der Waals surface area contributed by atoms with E-state index in [4.69, 9.17) is 9.47 Å². The van der Waals surface area contributed by atoms with Crippen LogP contribution in [0.25, 0.3) is 0 Å². The fourth-order valence-corrected chi connectivity index (χ4v) is 2.88. The fourth-order valence-electron chi connectivity index (χ4n) is 2.88. The summed E-state index contributed by atoms with van der Waals surface area (Å²) in [6.07, 6.45) is 3.01. The van der Waals surface area contributed by atoms with Gasteiger partial charge in [-0.2, -0.15) is 0 Å². The molecule has 0 aliphatic carbocycles. The second-order valence-corrected chi connectivity index (χ2v) is 4.95. The Hall–Kier alpha value is -1.29. The van der Waals surface area contributed by atoms with Gasteiger partial charge in [0.05, 0.1) is 12.6 Å². The van der Waals surface area contributed by atoms with Crippen molar-refractivity contribution in [2.24, 2.45) is 5.92 Å². The van der Waals surface area contributed by atoms with Gasteiger partial charge in [-0.1, -0.05) is 0 Å². The molecule has 2 atom stereocenters. The second kappa shape index (κ2) is 4.18. The molecule has 1 aromatic heterocycles. The van der Waals surface area contributed by atoms with Crippen LogP contribution in [0.4, 0.5) is 5.82 Å². The van der Waals surface area contributed by atoms with Crippen LogP contribution in [-0.4, -0.2) is 37.9 Å². The number of ether oxygens (including phenoxy) is 2. The maximum atomic E-state index is 5.85. The first kappa shape index (κ1) is 10.8. The molecule has 2 aliphatic heterocycles. The molecular weight excluding hydrogens is 216 g/mol. The Balaban J connectivity index is 1.89. The molecule has 0 amide bonds. The smallest absolute Gasteiger partial charge is 0.172 e. The summed E-state index contributed by atoms with van der Waals surface area (Å²) in [6.45, 7) is 4.71. The lowest BCUT2D eigenvalue weighted by atomic mass is 10.1. The van der Waals surface area contributed by atoms with Crippen LogP contribution >= 0.6 is 0 Å². The summed E-state index contributed by atoms with van der Waals surface area (Å²) in [6, 6.07) is 2.47. The molecule has 1 saturated heterocycles. The van der Waals surface area contributed by atoms with Gasteiger partial charge >= 0.3 is 0 Å². The zero-order valence-electron chi connectivity index (χ0n) is 10.3. The molecule has 0 bridgehead atoms. The number of fused-ring (bicyclic) bond motifs is 3. The molecule has 1 fully saturated rings. The third-order valence-electron chi connectivity index (χ3n) is 3.68. The molecule has 4 heteroatoms. The Morgan fingerprint density at radius 1 is 1.59 bits per heavy atom. The highest BCUT2D eigenvalue weighted by atomic mass is 16.5. The van der Waals surface area contributed by atoms with Crippen molar-refractivity contribution in [3.05, 3.63) is 17.8 Å². The summed E-state index contributed by atoms with van der Waals surface area (Å²) in [7, 11) is 1.77. The lowest BCUT2D eigenvalue weighted by Crippen LogP contribution is -2.39. The number of aromatic nitrogens is 1. The van der Waals surface area contributed by atoms with Crippen LogP contribution in [0.3, 0.4) is 0 Å². The van der Waals surface area contributed by atoms with Crippen LogP contribution in [-0.2, 0) is 4.74 Å². The van der Waals surface area contributed by atoms with Crippen molar-refractivity contribution >= 4 is 5.82 Å². The lowest BCUT2D eigenvalue weighted by Gasteiger charge is -2.32. The van der Waals surface area contributed by atoms with Crippen LogP contribution in [0.15, 0.2) is 12.3 Å². The summed E-state index contributed by atoms with van der Waals surface area (Å²) in [5, 5.41) is 0. The summed E-state index contributed by atoms with van der Waals surface area (Å²) >= 11 is 0. The van der Waals surface area contributed by atoms with Crippen LogP contribution in [0, 0.1) is 12.8 Å². The first-order valence-corrected chi connectivity index (χ1v) is 6.13. The number of hydrogen-bond donors (Lipinski definition) is 0. The molecule has 17 heavy (non-hydrogen) atoms. The van der Waals surface area contributed by atoms with Crippen molar-refractivity contribution in [3.63, 3.8) is 0 Å². The Morgan fingerprint density at radius 3 is 3.29 bits per heavy atom. The van der Waals surface area contributed by atoms with Gasteiger partial charge in [0.25, 0.3) is 0 Å². The molecule has 0 saturated carbocycles. The number of anilines is 1. The SMILES string of the molecule is COC[C@H]1C[C@H]2COc3c(C)ccnc3N2C1. The van der Waals surface area contributed by atoms with E-state index in [0.29, 0.717) is 12.0 Å². The predicted octanol–water partition coefficient (Wildman–Crippen LogP) is 1.62. The van der Waals surface area contributed by atoms with Crippen molar-refractivity contribution in [1.82, 2.24) is 4.98 Å². The number of nitrogens with zero attached hydrogens (tertiary/aromatic N) is 2. The number of pyridine rings is 1. The van der Waals surface area contributed by atoms with Gasteiger partial charge in [0.15, 0.2) is 11.6 Å². The lowest BCUT2D eigenvalue weighted by molar-refractivity contribution is 0.157. The number of methoxy groups -OCH3 is 1. The van der Waals surface area contributed by atoms with E-state index in [1.165, 1.54) is 5.56 Å². The summed E-state index contributed by atoms with van der Waals surface area (Å²) < 4.78 is 11.1. The molecule has 92 valence electrons. The predicted molar refractivity (Wildman–Crippen MR) is 65.6 cm³/mol. The van der Waals surface area contributed by atoms with Gasteiger partial charge in [0.2, 0.25) is 0 Å². The molecule has 2 aliphatic rings. The Morgan fingerprint density at radius 2 is 2.47 bits per heavy atom. The Kier molecular flexibility index (Phi) is 2.67. The van der Waals surface area contributed by atoms with E-state index in [0.717, 1.165) is 37.7 Å². The second-order valence-electron chi connectivity index (χ2n) is 4.95. The Labute approximate surface area is 102 Å². The minimum atomic E-state index is 0.469. The third-order valence-corrected chi connectivity index (χ3v) is 3.68. The van der Waals surface area contributed by atoms with Crippen molar-refractivity contribution in [2.45, 2.75) is 19.4 Å². The molecule has 1 aromatic rings. The minimum absolute atomic E-state index is 0.469. The van der Waals surface area contributed by atoms with E-state index in [2.05, 4.69) is 16.8 Å². The van der Waals surface area contributed by atoms with Crippen LogP contribution in [0.1, 0.15) is 12.0 Å². The molecule has 4 nitrogen and oxygen atoms in total. The van der Waals surface area contributed by atoms with Gasteiger partial charge in [0, 0.05) is 25.8 Å². The molecule has 0 spiro atoms. The third kappa shape index (κ3) is 1.76. The maximum Gasteiger partial charge on any atom is 0.172 e. The van der Waals surface area contributed by atoms with E-state index >= 15 is 0 Å². The average molecular weight is 234 g/mol. The highest BCUT2D eigenvalue weighted by Gasteiger charge is 2.38. The van der Waals surface area contributed by atoms with Crippen LogP contribution in [0.5, 0.6) is 5.75 Å². The fraction of sp³-hybridized carbons (Fsp3) is 0.615. The van der Waals surface area contributed by atoms with Crippen molar-refractivity contribution in [1.29, 1.82) is 0 Å². The summed E-state index contributed by atoms with van der Waals surface area (Å²) in [5.74, 6) is 2.57. The van der Waals surface area contributed by atoms with Crippen molar-refractivity contribution < 1.29 is 9.47 Å². The Bertz CT molecular complexity index is 422. The van der Waals surface area contributed by atoms with Gasteiger partial charge in [0.1, 0.15) is 6.61 Å². The largest absolute Gasteiger partial charge is 0.487 e.